The summed E-state index contributed by atoms with van der Waals surface area (Å²) >= 11 is 1.53. The summed E-state index contributed by atoms with van der Waals surface area (Å²) in [6, 6.07) is 7.00. The van der Waals surface area contributed by atoms with Gasteiger partial charge in [0, 0.05) is 30.1 Å². The highest BCUT2D eigenvalue weighted by Crippen LogP contribution is 2.34. The standard InChI is InChI=1S/C21H24N4O3S2/c1-12-3-4-17(30(27,28)25-9-14-5-16(26)6-14)8-18(12)15-7-19(21(22)24-10-15)20-11-23-13(2)29-20/h3-4,7-8,10-11,14,16,25-26H,5-6,9H2,1-2H3,(H2,22,24). The largest absolute Gasteiger partial charge is 0.393 e. The smallest absolute Gasteiger partial charge is 0.240 e. The minimum absolute atomic E-state index is 0.186. The van der Waals surface area contributed by atoms with Gasteiger partial charge in [-0.25, -0.2) is 23.1 Å². The molecule has 0 saturated heterocycles. The predicted molar refractivity (Wildman–Crippen MR) is 119 cm³/mol. The van der Waals surface area contributed by atoms with Gasteiger partial charge in [-0.1, -0.05) is 6.07 Å². The number of anilines is 1. The van der Waals surface area contributed by atoms with Gasteiger partial charge in [0.15, 0.2) is 0 Å². The molecule has 1 aliphatic carbocycles. The van der Waals surface area contributed by atoms with Gasteiger partial charge in [0.2, 0.25) is 10.0 Å². The fourth-order valence-corrected chi connectivity index (χ4v) is 5.51. The second-order valence-corrected chi connectivity index (χ2v) is 10.7. The summed E-state index contributed by atoms with van der Waals surface area (Å²) < 4.78 is 28.2. The second-order valence-electron chi connectivity index (χ2n) is 7.72. The van der Waals surface area contributed by atoms with Crippen LogP contribution in [0, 0.1) is 19.8 Å². The number of nitrogens with zero attached hydrogens (tertiary/aromatic N) is 2. The number of nitrogen functional groups attached to an aromatic ring is 1. The molecule has 2 heterocycles. The number of pyridine rings is 1. The molecular formula is C21H24N4O3S2. The maximum absolute atomic E-state index is 12.8. The molecule has 4 N–H and O–H groups in total. The SMILES string of the molecule is Cc1ncc(-c2cc(-c3cc(S(=O)(=O)NCC4CC(O)C4)ccc3C)cnc2N)s1. The summed E-state index contributed by atoms with van der Waals surface area (Å²) in [5.41, 5.74) is 9.39. The van der Waals surface area contributed by atoms with E-state index in [0.29, 0.717) is 25.2 Å². The highest BCUT2D eigenvalue weighted by atomic mass is 32.2. The molecule has 0 amide bonds. The van der Waals surface area contributed by atoms with Crippen molar-refractivity contribution in [3.05, 3.63) is 47.2 Å². The number of aromatic nitrogens is 2. The van der Waals surface area contributed by atoms with E-state index >= 15 is 0 Å². The summed E-state index contributed by atoms with van der Waals surface area (Å²) in [4.78, 5) is 9.74. The molecule has 0 spiro atoms. The Kier molecular flexibility index (Phi) is 5.63. The number of nitrogens with two attached hydrogens (primary N) is 1. The Morgan fingerprint density at radius 3 is 2.60 bits per heavy atom. The van der Waals surface area contributed by atoms with Gasteiger partial charge in [-0.2, -0.15) is 0 Å². The molecule has 3 aromatic rings. The van der Waals surface area contributed by atoms with Crippen molar-refractivity contribution in [1.29, 1.82) is 0 Å². The van der Waals surface area contributed by atoms with Crippen molar-refractivity contribution < 1.29 is 13.5 Å². The van der Waals surface area contributed by atoms with Crippen LogP contribution in [0.4, 0.5) is 5.82 Å². The molecule has 1 aliphatic rings. The summed E-state index contributed by atoms with van der Waals surface area (Å²) in [5, 5.41) is 10.3. The quantitative estimate of drug-likeness (QED) is 0.538. The average Bonchev–Trinajstić information content (AvgIpc) is 3.11. The first kappa shape index (κ1) is 20.9. The molecule has 1 saturated carbocycles. The van der Waals surface area contributed by atoms with Crippen LogP contribution in [0.25, 0.3) is 21.6 Å². The number of sulfonamides is 1. The number of thiazole rings is 1. The van der Waals surface area contributed by atoms with E-state index in [1.807, 2.05) is 19.9 Å². The molecule has 1 aromatic carbocycles. The van der Waals surface area contributed by atoms with E-state index in [2.05, 4.69) is 14.7 Å². The van der Waals surface area contributed by atoms with Crippen molar-refractivity contribution in [2.24, 2.45) is 5.92 Å². The lowest BCUT2D eigenvalue weighted by Crippen LogP contribution is -2.38. The zero-order valence-corrected chi connectivity index (χ0v) is 18.4. The molecule has 4 rings (SSSR count). The molecule has 0 bridgehead atoms. The first-order valence-corrected chi connectivity index (χ1v) is 12.0. The number of hydrogen-bond donors (Lipinski definition) is 3. The van der Waals surface area contributed by atoms with Crippen LogP contribution in [0.1, 0.15) is 23.4 Å². The molecule has 0 radical (unpaired) electrons. The number of aryl methyl sites for hydroxylation is 2. The van der Waals surface area contributed by atoms with Gasteiger partial charge in [-0.3, -0.25) is 0 Å². The van der Waals surface area contributed by atoms with E-state index < -0.39 is 10.0 Å². The van der Waals surface area contributed by atoms with Crippen molar-refractivity contribution >= 4 is 27.2 Å². The zero-order valence-electron chi connectivity index (χ0n) is 16.8. The molecule has 2 aromatic heterocycles. The highest BCUT2D eigenvalue weighted by molar-refractivity contribution is 7.89. The molecule has 9 heteroatoms. The second kappa shape index (κ2) is 8.07. The fourth-order valence-electron chi connectivity index (χ4n) is 3.56. The van der Waals surface area contributed by atoms with Gasteiger partial charge in [0.05, 0.1) is 20.9 Å². The Morgan fingerprint density at radius 2 is 1.93 bits per heavy atom. The predicted octanol–water partition coefficient (Wildman–Crippen LogP) is 3.12. The molecule has 1 fully saturated rings. The van der Waals surface area contributed by atoms with Gasteiger partial charge in [-0.15, -0.1) is 11.3 Å². The van der Waals surface area contributed by atoms with Crippen LogP contribution in [-0.4, -0.2) is 36.1 Å². The van der Waals surface area contributed by atoms with Crippen LogP contribution >= 0.6 is 11.3 Å². The lowest BCUT2D eigenvalue weighted by molar-refractivity contribution is 0.0453. The van der Waals surface area contributed by atoms with E-state index in [0.717, 1.165) is 32.1 Å². The third-order valence-electron chi connectivity index (χ3n) is 5.41. The van der Waals surface area contributed by atoms with Crippen LogP contribution < -0.4 is 10.5 Å². The van der Waals surface area contributed by atoms with Crippen LogP contribution in [0.3, 0.4) is 0 Å². The number of hydrogen-bond acceptors (Lipinski definition) is 7. The van der Waals surface area contributed by atoms with Gasteiger partial charge in [0.1, 0.15) is 5.82 Å². The van der Waals surface area contributed by atoms with Gasteiger partial charge < -0.3 is 10.8 Å². The summed E-state index contributed by atoms with van der Waals surface area (Å²) in [6.07, 6.45) is 4.40. The Hall–Kier alpha value is -2.33. The maximum atomic E-state index is 12.8. The van der Waals surface area contributed by atoms with Gasteiger partial charge in [-0.05, 0) is 61.9 Å². The molecule has 7 nitrogen and oxygen atoms in total. The Bertz CT molecular complexity index is 1180. The van der Waals surface area contributed by atoms with Crippen molar-refractivity contribution in [1.82, 2.24) is 14.7 Å². The topological polar surface area (TPSA) is 118 Å². The maximum Gasteiger partial charge on any atom is 0.240 e. The molecular weight excluding hydrogens is 420 g/mol. The Morgan fingerprint density at radius 1 is 1.17 bits per heavy atom. The third kappa shape index (κ3) is 4.24. The summed E-state index contributed by atoms with van der Waals surface area (Å²) in [6.45, 7) is 4.19. The fraction of sp³-hybridized carbons (Fsp3) is 0.333. The van der Waals surface area contributed by atoms with Crippen LogP contribution in [0.5, 0.6) is 0 Å². The number of aliphatic hydroxyl groups is 1. The van der Waals surface area contributed by atoms with Crippen LogP contribution in [0.2, 0.25) is 0 Å². The zero-order chi connectivity index (χ0) is 21.5. The van der Waals surface area contributed by atoms with Crippen LogP contribution in [-0.2, 0) is 10.0 Å². The molecule has 30 heavy (non-hydrogen) atoms. The minimum Gasteiger partial charge on any atom is -0.393 e. The van der Waals surface area contributed by atoms with E-state index in [4.69, 9.17) is 5.73 Å². The van der Waals surface area contributed by atoms with Crippen molar-refractivity contribution in [3.8, 4) is 21.6 Å². The number of rotatable bonds is 6. The first-order chi connectivity index (χ1) is 14.2. The van der Waals surface area contributed by atoms with Crippen LogP contribution in [0.15, 0.2) is 41.6 Å². The number of nitrogens with one attached hydrogen (secondary N) is 1. The van der Waals surface area contributed by atoms with Gasteiger partial charge in [0.25, 0.3) is 0 Å². The lowest BCUT2D eigenvalue weighted by Gasteiger charge is -2.31. The normalized spacial score (nSPS) is 18.9. The van der Waals surface area contributed by atoms with E-state index in [1.165, 1.54) is 11.3 Å². The summed E-state index contributed by atoms with van der Waals surface area (Å²) in [7, 11) is -3.65. The minimum atomic E-state index is -3.65. The van der Waals surface area contributed by atoms with E-state index in [9.17, 15) is 13.5 Å². The first-order valence-electron chi connectivity index (χ1n) is 9.70. The third-order valence-corrected chi connectivity index (χ3v) is 7.78. The molecule has 0 unspecified atom stereocenters. The van der Waals surface area contributed by atoms with Gasteiger partial charge >= 0.3 is 0 Å². The van der Waals surface area contributed by atoms with E-state index in [1.54, 1.807) is 30.6 Å². The number of benzene rings is 1. The Balaban J connectivity index is 1.65. The van der Waals surface area contributed by atoms with Crippen molar-refractivity contribution in [2.45, 2.75) is 37.7 Å². The van der Waals surface area contributed by atoms with Crippen molar-refractivity contribution in [2.75, 3.05) is 12.3 Å². The Labute approximate surface area is 180 Å². The van der Waals surface area contributed by atoms with Crippen molar-refractivity contribution in [3.63, 3.8) is 0 Å². The summed E-state index contributed by atoms with van der Waals surface area (Å²) in [5.74, 6) is 0.597. The molecule has 0 atom stereocenters. The van der Waals surface area contributed by atoms with E-state index in [-0.39, 0.29) is 16.9 Å². The lowest BCUT2D eigenvalue weighted by atomic mass is 9.83. The number of aliphatic hydroxyl groups excluding tert-OH is 1. The monoisotopic (exact) mass is 444 g/mol. The average molecular weight is 445 g/mol. The highest BCUT2D eigenvalue weighted by Gasteiger charge is 2.28. The molecule has 158 valence electrons. The molecule has 0 aliphatic heterocycles.